The summed E-state index contributed by atoms with van der Waals surface area (Å²) < 4.78 is 0. The first kappa shape index (κ1) is 16.0. The summed E-state index contributed by atoms with van der Waals surface area (Å²) in [7, 11) is 0. The van der Waals surface area contributed by atoms with Crippen LogP contribution in [-0.2, 0) is 0 Å². The van der Waals surface area contributed by atoms with Gasteiger partial charge in [0.2, 0.25) is 0 Å². The van der Waals surface area contributed by atoms with Gasteiger partial charge in [-0.15, -0.1) is 0 Å². The monoisotopic (exact) mass is 254 g/mol. The molecule has 0 amide bonds. The Morgan fingerprint density at radius 3 is 2.39 bits per heavy atom. The van der Waals surface area contributed by atoms with Crippen molar-refractivity contribution in [1.29, 1.82) is 0 Å². The highest BCUT2D eigenvalue weighted by Gasteiger charge is 2.22. The van der Waals surface area contributed by atoms with Gasteiger partial charge in [-0.25, -0.2) is 0 Å². The first-order chi connectivity index (χ1) is 8.81. The third-order valence-corrected chi connectivity index (χ3v) is 4.37. The zero-order valence-corrected chi connectivity index (χ0v) is 12.9. The van der Waals surface area contributed by atoms with E-state index in [9.17, 15) is 0 Å². The van der Waals surface area contributed by atoms with E-state index in [0.29, 0.717) is 0 Å². The van der Waals surface area contributed by atoms with Gasteiger partial charge in [0.05, 0.1) is 0 Å². The second kappa shape index (κ2) is 9.80. The molecule has 1 atom stereocenters. The summed E-state index contributed by atoms with van der Waals surface area (Å²) >= 11 is 0. The highest BCUT2D eigenvalue weighted by atomic mass is 15.2. The first-order valence-electron chi connectivity index (χ1n) is 8.26. The fourth-order valence-corrected chi connectivity index (χ4v) is 3.13. The largest absolute Gasteiger partial charge is 0.317 e. The van der Waals surface area contributed by atoms with Crippen LogP contribution in [0.3, 0.4) is 0 Å². The number of hydrogen-bond donors (Lipinski definition) is 1. The lowest BCUT2D eigenvalue weighted by atomic mass is 9.96. The van der Waals surface area contributed by atoms with Crippen molar-refractivity contribution in [2.75, 3.05) is 26.2 Å². The van der Waals surface area contributed by atoms with Gasteiger partial charge in [-0.2, -0.15) is 0 Å². The summed E-state index contributed by atoms with van der Waals surface area (Å²) in [5, 5.41) is 3.49. The molecule has 0 spiro atoms. The maximum atomic E-state index is 3.49. The van der Waals surface area contributed by atoms with Gasteiger partial charge in [0.25, 0.3) is 0 Å². The van der Waals surface area contributed by atoms with Crippen LogP contribution in [0.15, 0.2) is 0 Å². The van der Waals surface area contributed by atoms with Gasteiger partial charge >= 0.3 is 0 Å². The van der Waals surface area contributed by atoms with Gasteiger partial charge in [-0.05, 0) is 51.2 Å². The van der Waals surface area contributed by atoms with Crippen LogP contribution in [0.4, 0.5) is 0 Å². The fraction of sp³-hybridized carbons (Fsp3) is 1.00. The molecular formula is C16H34N2. The van der Waals surface area contributed by atoms with Crippen molar-refractivity contribution in [2.24, 2.45) is 5.92 Å². The molecule has 0 aromatic rings. The summed E-state index contributed by atoms with van der Waals surface area (Å²) in [6.45, 7) is 12.1. The van der Waals surface area contributed by atoms with Gasteiger partial charge < -0.3 is 10.2 Å². The van der Waals surface area contributed by atoms with Crippen molar-refractivity contribution in [3.05, 3.63) is 0 Å². The molecule has 1 fully saturated rings. The molecule has 0 radical (unpaired) electrons. The number of piperidine rings is 1. The quantitative estimate of drug-likeness (QED) is 0.675. The SMILES string of the molecule is CCCCC(CC)CN(CCC)C1CCNCC1. The average molecular weight is 254 g/mol. The highest BCUT2D eigenvalue weighted by molar-refractivity contribution is 4.79. The van der Waals surface area contributed by atoms with Crippen molar-refractivity contribution in [2.45, 2.75) is 71.8 Å². The van der Waals surface area contributed by atoms with Crippen molar-refractivity contribution in [1.82, 2.24) is 10.2 Å². The number of nitrogens with zero attached hydrogens (tertiary/aromatic N) is 1. The molecular weight excluding hydrogens is 220 g/mol. The smallest absolute Gasteiger partial charge is 0.0119 e. The van der Waals surface area contributed by atoms with Crippen LogP contribution in [0.1, 0.15) is 65.7 Å². The van der Waals surface area contributed by atoms with Crippen molar-refractivity contribution >= 4 is 0 Å². The van der Waals surface area contributed by atoms with Gasteiger partial charge in [-0.1, -0.05) is 40.0 Å². The molecule has 0 saturated carbocycles. The highest BCUT2D eigenvalue weighted by Crippen LogP contribution is 2.19. The van der Waals surface area contributed by atoms with E-state index >= 15 is 0 Å². The van der Waals surface area contributed by atoms with E-state index < -0.39 is 0 Å². The molecule has 1 heterocycles. The maximum absolute atomic E-state index is 3.49. The van der Waals surface area contributed by atoms with Crippen molar-refractivity contribution < 1.29 is 0 Å². The number of unbranched alkanes of at least 4 members (excludes halogenated alkanes) is 1. The van der Waals surface area contributed by atoms with E-state index in [2.05, 4.69) is 31.0 Å². The third kappa shape index (κ3) is 5.71. The predicted molar refractivity (Wildman–Crippen MR) is 81.1 cm³/mol. The molecule has 0 bridgehead atoms. The van der Waals surface area contributed by atoms with E-state index in [1.165, 1.54) is 71.1 Å². The first-order valence-corrected chi connectivity index (χ1v) is 8.26. The van der Waals surface area contributed by atoms with Crippen LogP contribution < -0.4 is 5.32 Å². The Hall–Kier alpha value is -0.0800. The summed E-state index contributed by atoms with van der Waals surface area (Å²) in [5.41, 5.74) is 0. The number of rotatable bonds is 9. The second-order valence-electron chi connectivity index (χ2n) is 5.89. The Labute approximate surface area is 115 Å². The lowest BCUT2D eigenvalue weighted by Gasteiger charge is -2.36. The molecule has 1 N–H and O–H groups in total. The topological polar surface area (TPSA) is 15.3 Å². The predicted octanol–water partition coefficient (Wildman–Crippen LogP) is 3.67. The third-order valence-electron chi connectivity index (χ3n) is 4.37. The van der Waals surface area contributed by atoms with Crippen LogP contribution in [0, 0.1) is 5.92 Å². The molecule has 1 unspecified atom stereocenters. The Balaban J connectivity index is 2.43. The van der Waals surface area contributed by atoms with E-state index in [1.54, 1.807) is 0 Å². The van der Waals surface area contributed by atoms with Gasteiger partial charge in [0.1, 0.15) is 0 Å². The minimum atomic E-state index is 0.849. The van der Waals surface area contributed by atoms with Crippen LogP contribution in [-0.4, -0.2) is 37.1 Å². The minimum absolute atomic E-state index is 0.849. The van der Waals surface area contributed by atoms with E-state index in [-0.39, 0.29) is 0 Å². The number of hydrogen-bond acceptors (Lipinski definition) is 2. The minimum Gasteiger partial charge on any atom is -0.317 e. The Morgan fingerprint density at radius 2 is 1.83 bits per heavy atom. The van der Waals surface area contributed by atoms with Gasteiger partial charge in [0, 0.05) is 12.6 Å². The summed E-state index contributed by atoms with van der Waals surface area (Å²) in [4.78, 5) is 2.80. The zero-order chi connectivity index (χ0) is 13.2. The van der Waals surface area contributed by atoms with E-state index in [4.69, 9.17) is 0 Å². The lowest BCUT2D eigenvalue weighted by molar-refractivity contribution is 0.133. The molecule has 0 aromatic heterocycles. The van der Waals surface area contributed by atoms with Crippen molar-refractivity contribution in [3.8, 4) is 0 Å². The molecule has 1 aliphatic rings. The molecule has 0 aliphatic carbocycles. The van der Waals surface area contributed by atoms with Crippen LogP contribution in [0.5, 0.6) is 0 Å². The molecule has 1 aliphatic heterocycles. The normalized spacial score (nSPS) is 19.3. The molecule has 108 valence electrons. The standard InChI is InChI=1S/C16H34N2/c1-4-7-8-15(6-3)14-18(13-5-2)16-9-11-17-12-10-16/h15-17H,4-14H2,1-3H3. The Bertz CT molecular complexity index is 188. The fourth-order valence-electron chi connectivity index (χ4n) is 3.13. The number of nitrogens with one attached hydrogen (secondary N) is 1. The van der Waals surface area contributed by atoms with Gasteiger partial charge in [-0.3, -0.25) is 0 Å². The molecule has 18 heavy (non-hydrogen) atoms. The Morgan fingerprint density at radius 1 is 1.11 bits per heavy atom. The van der Waals surface area contributed by atoms with Crippen LogP contribution in [0.2, 0.25) is 0 Å². The van der Waals surface area contributed by atoms with E-state index in [1.807, 2.05) is 0 Å². The van der Waals surface area contributed by atoms with Crippen LogP contribution in [0.25, 0.3) is 0 Å². The molecule has 2 heteroatoms. The molecule has 1 saturated heterocycles. The van der Waals surface area contributed by atoms with Crippen LogP contribution >= 0.6 is 0 Å². The molecule has 1 rings (SSSR count). The zero-order valence-electron chi connectivity index (χ0n) is 12.9. The summed E-state index contributed by atoms with van der Waals surface area (Å²) in [6.07, 6.45) is 9.54. The van der Waals surface area contributed by atoms with Gasteiger partial charge in [0.15, 0.2) is 0 Å². The van der Waals surface area contributed by atoms with Crippen molar-refractivity contribution in [3.63, 3.8) is 0 Å². The maximum Gasteiger partial charge on any atom is 0.0119 e. The summed E-state index contributed by atoms with van der Waals surface area (Å²) in [6, 6.07) is 0.849. The van der Waals surface area contributed by atoms with E-state index in [0.717, 1.165) is 12.0 Å². The second-order valence-corrected chi connectivity index (χ2v) is 5.89. The Kier molecular flexibility index (Phi) is 8.70. The average Bonchev–Trinajstić information content (AvgIpc) is 2.43. The summed E-state index contributed by atoms with van der Waals surface area (Å²) in [5.74, 6) is 0.923. The molecule has 0 aromatic carbocycles. The lowest BCUT2D eigenvalue weighted by Crippen LogP contribution is -2.45. The molecule has 2 nitrogen and oxygen atoms in total.